The lowest BCUT2D eigenvalue weighted by Crippen LogP contribution is -2.42. The number of carbonyl (C=O) groups is 1. The van der Waals surface area contributed by atoms with Gasteiger partial charge in [-0.1, -0.05) is 30.3 Å². The average molecular weight is 366 g/mol. The number of fused-ring (bicyclic) bond motifs is 1. The minimum atomic E-state index is -0.330. The van der Waals surface area contributed by atoms with E-state index >= 15 is 0 Å². The Kier molecular flexibility index (Phi) is 4.79. The maximum atomic E-state index is 12.9. The zero-order valence-corrected chi connectivity index (χ0v) is 16.0. The van der Waals surface area contributed by atoms with E-state index in [0.717, 1.165) is 44.0 Å². The molecule has 1 atom stereocenters. The standard InChI is InChI=1S/C22H26N2O3/c1-26-19-8-7-16(11-20(19)27-2)14-24-10-9-22(15-24)12-17-5-3-4-6-18(17)13-23-21(22)25/h3-8,11H,9-10,12-15H2,1-2H3,(H,23,25). The topological polar surface area (TPSA) is 50.8 Å². The Hall–Kier alpha value is -2.53. The minimum absolute atomic E-state index is 0.188. The van der Waals surface area contributed by atoms with Crippen LogP contribution >= 0.6 is 0 Å². The molecule has 142 valence electrons. The summed E-state index contributed by atoms with van der Waals surface area (Å²) in [5.41, 5.74) is 3.37. The third kappa shape index (κ3) is 3.39. The summed E-state index contributed by atoms with van der Waals surface area (Å²) in [7, 11) is 3.30. The van der Waals surface area contributed by atoms with Crippen molar-refractivity contribution in [1.82, 2.24) is 10.2 Å². The highest BCUT2D eigenvalue weighted by molar-refractivity contribution is 5.84. The first-order valence-electron chi connectivity index (χ1n) is 9.42. The highest BCUT2D eigenvalue weighted by Crippen LogP contribution is 2.38. The molecule has 0 bridgehead atoms. The van der Waals surface area contributed by atoms with Crippen LogP contribution in [0.2, 0.25) is 0 Å². The number of amides is 1. The molecular formula is C22H26N2O3. The zero-order valence-electron chi connectivity index (χ0n) is 16.0. The van der Waals surface area contributed by atoms with Gasteiger partial charge in [-0.05, 0) is 48.2 Å². The lowest BCUT2D eigenvalue weighted by Gasteiger charge is -2.26. The van der Waals surface area contributed by atoms with Crippen LogP contribution in [0.3, 0.4) is 0 Å². The molecule has 2 aliphatic rings. The van der Waals surface area contributed by atoms with Crippen LogP contribution in [0.5, 0.6) is 11.5 Å². The van der Waals surface area contributed by atoms with Crippen LogP contribution in [-0.2, 0) is 24.3 Å². The second-order valence-corrected chi connectivity index (χ2v) is 7.56. The molecule has 1 amide bonds. The monoisotopic (exact) mass is 366 g/mol. The summed E-state index contributed by atoms with van der Waals surface area (Å²) in [5, 5.41) is 3.15. The molecule has 1 saturated heterocycles. The molecule has 1 N–H and O–H groups in total. The third-order valence-electron chi connectivity index (χ3n) is 5.86. The number of likely N-dealkylation sites (tertiary alicyclic amines) is 1. The van der Waals surface area contributed by atoms with Crippen molar-refractivity contribution in [2.24, 2.45) is 5.41 Å². The number of nitrogens with zero attached hydrogens (tertiary/aromatic N) is 1. The highest BCUT2D eigenvalue weighted by atomic mass is 16.5. The van der Waals surface area contributed by atoms with Gasteiger partial charge in [0, 0.05) is 19.6 Å². The Morgan fingerprint density at radius 2 is 1.85 bits per heavy atom. The molecule has 5 nitrogen and oxygen atoms in total. The van der Waals surface area contributed by atoms with Crippen molar-refractivity contribution in [3.63, 3.8) is 0 Å². The largest absolute Gasteiger partial charge is 0.493 e. The summed E-state index contributed by atoms with van der Waals surface area (Å²) >= 11 is 0. The van der Waals surface area contributed by atoms with Crippen LogP contribution in [0.25, 0.3) is 0 Å². The number of hydrogen-bond donors (Lipinski definition) is 1. The van der Waals surface area contributed by atoms with Crippen molar-refractivity contribution in [1.29, 1.82) is 0 Å². The van der Waals surface area contributed by atoms with Gasteiger partial charge >= 0.3 is 0 Å². The lowest BCUT2D eigenvalue weighted by molar-refractivity contribution is -0.130. The maximum absolute atomic E-state index is 12.9. The van der Waals surface area contributed by atoms with E-state index in [1.54, 1.807) is 14.2 Å². The van der Waals surface area contributed by atoms with Gasteiger partial charge in [0.05, 0.1) is 19.6 Å². The van der Waals surface area contributed by atoms with E-state index < -0.39 is 0 Å². The molecule has 5 heteroatoms. The fourth-order valence-electron chi connectivity index (χ4n) is 4.37. The Morgan fingerprint density at radius 3 is 2.63 bits per heavy atom. The van der Waals surface area contributed by atoms with Crippen LogP contribution in [0, 0.1) is 5.41 Å². The zero-order chi connectivity index (χ0) is 18.9. The van der Waals surface area contributed by atoms with Gasteiger partial charge in [-0.3, -0.25) is 9.69 Å². The van der Waals surface area contributed by atoms with E-state index in [1.165, 1.54) is 16.7 Å². The Bertz CT molecular complexity index is 851. The Morgan fingerprint density at radius 1 is 1.07 bits per heavy atom. The van der Waals surface area contributed by atoms with Crippen molar-refractivity contribution < 1.29 is 14.3 Å². The number of ether oxygens (including phenoxy) is 2. The summed E-state index contributed by atoms with van der Waals surface area (Å²) in [6.45, 7) is 3.13. The number of rotatable bonds is 4. The molecule has 2 aliphatic heterocycles. The predicted molar refractivity (Wildman–Crippen MR) is 104 cm³/mol. The number of methoxy groups -OCH3 is 2. The number of nitrogens with one attached hydrogen (secondary N) is 1. The Balaban J connectivity index is 1.52. The normalized spacial score (nSPS) is 22.2. The second kappa shape index (κ2) is 7.24. The molecule has 2 aromatic rings. The third-order valence-corrected chi connectivity index (χ3v) is 5.86. The summed E-state index contributed by atoms with van der Waals surface area (Å²) < 4.78 is 10.7. The minimum Gasteiger partial charge on any atom is -0.493 e. The summed E-state index contributed by atoms with van der Waals surface area (Å²) in [4.78, 5) is 15.3. The SMILES string of the molecule is COc1ccc(CN2CCC3(Cc4ccccc4CNC3=O)C2)cc1OC. The van der Waals surface area contributed by atoms with E-state index in [0.29, 0.717) is 6.54 Å². The second-order valence-electron chi connectivity index (χ2n) is 7.56. The van der Waals surface area contributed by atoms with E-state index in [1.807, 2.05) is 18.2 Å². The fraction of sp³-hybridized carbons (Fsp3) is 0.409. The van der Waals surface area contributed by atoms with Crippen LogP contribution < -0.4 is 14.8 Å². The van der Waals surface area contributed by atoms with Crippen LogP contribution in [0.1, 0.15) is 23.1 Å². The molecule has 4 rings (SSSR count). The number of benzene rings is 2. The molecule has 0 radical (unpaired) electrons. The molecule has 2 heterocycles. The molecule has 1 fully saturated rings. The van der Waals surface area contributed by atoms with Crippen molar-refractivity contribution in [3.05, 3.63) is 59.2 Å². The molecule has 0 aliphatic carbocycles. The van der Waals surface area contributed by atoms with E-state index in [2.05, 4.69) is 34.5 Å². The van der Waals surface area contributed by atoms with Gasteiger partial charge in [0.25, 0.3) is 0 Å². The first-order valence-corrected chi connectivity index (χ1v) is 9.42. The molecule has 0 saturated carbocycles. The maximum Gasteiger partial charge on any atom is 0.228 e. The molecule has 1 unspecified atom stereocenters. The van der Waals surface area contributed by atoms with Crippen molar-refractivity contribution in [3.8, 4) is 11.5 Å². The first kappa shape index (κ1) is 17.9. The van der Waals surface area contributed by atoms with Gasteiger partial charge in [0.1, 0.15) is 0 Å². The van der Waals surface area contributed by atoms with Crippen LogP contribution in [0.15, 0.2) is 42.5 Å². The quantitative estimate of drug-likeness (QED) is 0.904. The van der Waals surface area contributed by atoms with Crippen molar-refractivity contribution in [2.75, 3.05) is 27.3 Å². The predicted octanol–water partition coefficient (Wildman–Crippen LogP) is 2.77. The first-order chi connectivity index (χ1) is 13.1. The van der Waals surface area contributed by atoms with Crippen molar-refractivity contribution >= 4 is 5.91 Å². The van der Waals surface area contributed by atoms with Gasteiger partial charge in [-0.15, -0.1) is 0 Å². The lowest BCUT2D eigenvalue weighted by atomic mass is 9.80. The molecular weight excluding hydrogens is 340 g/mol. The molecule has 2 aromatic carbocycles. The molecule has 0 aromatic heterocycles. The summed E-state index contributed by atoms with van der Waals surface area (Å²) in [6, 6.07) is 14.4. The summed E-state index contributed by atoms with van der Waals surface area (Å²) in [5.74, 6) is 1.66. The van der Waals surface area contributed by atoms with Gasteiger partial charge in [-0.2, -0.15) is 0 Å². The highest BCUT2D eigenvalue weighted by Gasteiger charge is 2.45. The molecule has 1 spiro atoms. The van der Waals surface area contributed by atoms with Gasteiger partial charge in [-0.25, -0.2) is 0 Å². The van der Waals surface area contributed by atoms with Gasteiger partial charge in [0.2, 0.25) is 5.91 Å². The smallest absolute Gasteiger partial charge is 0.228 e. The fourth-order valence-corrected chi connectivity index (χ4v) is 4.37. The average Bonchev–Trinajstić information content (AvgIpc) is 3.04. The van der Waals surface area contributed by atoms with Crippen LogP contribution in [-0.4, -0.2) is 38.1 Å². The van der Waals surface area contributed by atoms with Crippen molar-refractivity contribution in [2.45, 2.75) is 25.9 Å². The Labute approximate surface area is 160 Å². The van der Waals surface area contributed by atoms with Gasteiger partial charge < -0.3 is 14.8 Å². The van der Waals surface area contributed by atoms with E-state index in [9.17, 15) is 4.79 Å². The van der Waals surface area contributed by atoms with E-state index in [-0.39, 0.29) is 11.3 Å². The van der Waals surface area contributed by atoms with E-state index in [4.69, 9.17) is 9.47 Å². The number of hydrogen-bond acceptors (Lipinski definition) is 4. The number of carbonyl (C=O) groups excluding carboxylic acids is 1. The van der Waals surface area contributed by atoms with Gasteiger partial charge in [0.15, 0.2) is 11.5 Å². The molecule has 27 heavy (non-hydrogen) atoms. The summed E-state index contributed by atoms with van der Waals surface area (Å²) in [6.07, 6.45) is 1.71. The van der Waals surface area contributed by atoms with Crippen LogP contribution in [0.4, 0.5) is 0 Å².